The molecule has 4 heterocycles. The topological polar surface area (TPSA) is 103 Å². The van der Waals surface area contributed by atoms with E-state index in [0.717, 1.165) is 17.7 Å². The number of allylic oxidation sites excluding steroid dienone is 1. The lowest BCUT2D eigenvalue weighted by atomic mass is 9.83. The van der Waals surface area contributed by atoms with Gasteiger partial charge in [-0.15, -0.1) is 11.3 Å². The first kappa shape index (κ1) is 19.1. The number of aromatic nitrogens is 1. The molecule has 1 amide bonds. The molecule has 4 rings (SSSR count). The van der Waals surface area contributed by atoms with Gasteiger partial charge in [-0.1, -0.05) is 11.6 Å². The normalized spacial score (nSPS) is 27.1. The molecule has 0 radical (unpaired) electrons. The largest absolute Gasteiger partial charge is 0.404 e. The van der Waals surface area contributed by atoms with E-state index in [1.165, 1.54) is 23.8 Å². The van der Waals surface area contributed by atoms with Gasteiger partial charge in [0.05, 0.1) is 16.3 Å². The van der Waals surface area contributed by atoms with Crippen molar-refractivity contribution in [3.8, 4) is 0 Å². The van der Waals surface area contributed by atoms with Gasteiger partial charge >= 0.3 is 0 Å². The van der Waals surface area contributed by atoms with Gasteiger partial charge in [-0.25, -0.2) is 0 Å². The number of rotatable bonds is 4. The van der Waals surface area contributed by atoms with Crippen LogP contribution < -0.4 is 5.73 Å². The predicted octanol–water partition coefficient (Wildman–Crippen LogP) is 3.40. The van der Waals surface area contributed by atoms with Crippen molar-refractivity contribution in [2.75, 3.05) is 0 Å². The fourth-order valence-corrected chi connectivity index (χ4v) is 5.61. The Morgan fingerprint density at radius 2 is 2.14 bits per heavy atom. The lowest BCUT2D eigenvalue weighted by molar-refractivity contribution is -0.0507. The number of aliphatic hydroxyl groups is 1. The minimum atomic E-state index is -1.11. The molecule has 2 aliphatic rings. The van der Waals surface area contributed by atoms with Crippen LogP contribution in [0.3, 0.4) is 0 Å². The molecule has 8 heteroatoms. The van der Waals surface area contributed by atoms with Crippen molar-refractivity contribution in [3.63, 3.8) is 0 Å². The Hall–Kier alpha value is -2.22. The molecule has 2 aromatic rings. The summed E-state index contributed by atoms with van der Waals surface area (Å²) < 4.78 is 0. The Kier molecular flexibility index (Phi) is 4.99. The molecule has 2 bridgehead atoms. The van der Waals surface area contributed by atoms with Crippen LogP contribution in [0.4, 0.5) is 0 Å². The van der Waals surface area contributed by atoms with Crippen LogP contribution in [0.1, 0.15) is 46.6 Å². The van der Waals surface area contributed by atoms with Gasteiger partial charge in [-0.3, -0.25) is 9.78 Å². The third kappa shape index (κ3) is 3.13. The molecule has 4 N–H and O–H groups in total. The average Bonchev–Trinajstić information content (AvgIpc) is 3.27. The highest BCUT2D eigenvalue weighted by atomic mass is 35.5. The van der Waals surface area contributed by atoms with E-state index in [4.69, 9.17) is 22.7 Å². The molecule has 6 nitrogen and oxygen atoms in total. The van der Waals surface area contributed by atoms with Gasteiger partial charge in [0, 0.05) is 59.4 Å². The first-order valence-corrected chi connectivity index (χ1v) is 10.4. The second kappa shape index (κ2) is 7.31. The van der Waals surface area contributed by atoms with Gasteiger partial charge in [-0.05, 0) is 31.0 Å². The summed E-state index contributed by atoms with van der Waals surface area (Å²) in [6.07, 6.45) is 6.76. The van der Waals surface area contributed by atoms with Gasteiger partial charge in [-0.2, -0.15) is 0 Å². The van der Waals surface area contributed by atoms with Crippen LogP contribution in [-0.4, -0.2) is 39.2 Å². The number of nitrogens with one attached hydrogen (secondary N) is 1. The predicted molar refractivity (Wildman–Crippen MR) is 111 cm³/mol. The molecular formula is C20H21ClN4O2S. The monoisotopic (exact) mass is 416 g/mol. The third-order valence-corrected chi connectivity index (χ3v) is 6.95. The summed E-state index contributed by atoms with van der Waals surface area (Å²) in [6.45, 7) is 0. The number of pyridine rings is 1. The molecule has 0 spiro atoms. The summed E-state index contributed by atoms with van der Waals surface area (Å²) in [5.74, 6) is -0.0366. The SMILES string of the molecule is N=CC(=CN)c1cc(C(=O)N2C3CC[C@H]2CC(O)(c2ncccc2Cl)C3)cs1. The summed E-state index contributed by atoms with van der Waals surface area (Å²) in [5, 5.41) is 21.0. The van der Waals surface area contributed by atoms with Crippen molar-refractivity contribution in [3.05, 3.63) is 57.1 Å². The molecule has 2 fully saturated rings. The highest BCUT2D eigenvalue weighted by Crippen LogP contribution is 2.47. The van der Waals surface area contributed by atoms with Crippen LogP contribution in [0.25, 0.3) is 5.57 Å². The second-order valence-electron chi connectivity index (χ2n) is 7.34. The second-order valence-corrected chi connectivity index (χ2v) is 8.66. The molecule has 0 saturated carbocycles. The molecule has 3 atom stereocenters. The molecule has 2 aromatic heterocycles. The zero-order chi connectivity index (χ0) is 19.9. The van der Waals surface area contributed by atoms with E-state index < -0.39 is 5.60 Å². The molecule has 0 aliphatic carbocycles. The van der Waals surface area contributed by atoms with E-state index in [2.05, 4.69) is 4.98 Å². The van der Waals surface area contributed by atoms with Crippen LogP contribution in [-0.2, 0) is 5.60 Å². The van der Waals surface area contributed by atoms with Crippen LogP contribution in [0.5, 0.6) is 0 Å². The van der Waals surface area contributed by atoms with Crippen molar-refractivity contribution >= 4 is 40.6 Å². The molecule has 146 valence electrons. The van der Waals surface area contributed by atoms with Gasteiger partial charge < -0.3 is 21.1 Å². The summed E-state index contributed by atoms with van der Waals surface area (Å²) in [6, 6.07) is 5.16. The molecular weight excluding hydrogens is 396 g/mol. The number of hydrogen-bond donors (Lipinski definition) is 3. The van der Waals surface area contributed by atoms with Crippen molar-refractivity contribution < 1.29 is 9.90 Å². The van der Waals surface area contributed by atoms with E-state index >= 15 is 0 Å². The quantitative estimate of drug-likeness (QED) is 0.664. The van der Waals surface area contributed by atoms with Crippen LogP contribution in [0, 0.1) is 5.41 Å². The number of halogens is 1. The number of hydrogen-bond acceptors (Lipinski definition) is 6. The van der Waals surface area contributed by atoms with Gasteiger partial charge in [0.15, 0.2) is 0 Å². The van der Waals surface area contributed by atoms with Crippen molar-refractivity contribution in [2.24, 2.45) is 5.73 Å². The average molecular weight is 417 g/mol. The number of fused-ring (bicyclic) bond motifs is 2. The minimum absolute atomic E-state index is 0.0366. The molecule has 2 aliphatic heterocycles. The zero-order valence-electron chi connectivity index (χ0n) is 15.1. The van der Waals surface area contributed by atoms with Gasteiger partial charge in [0.1, 0.15) is 5.60 Å². The molecule has 0 aromatic carbocycles. The number of amides is 1. The first-order chi connectivity index (χ1) is 13.5. The maximum atomic E-state index is 13.2. The van der Waals surface area contributed by atoms with Crippen molar-refractivity contribution in [2.45, 2.75) is 43.4 Å². The smallest absolute Gasteiger partial charge is 0.255 e. The van der Waals surface area contributed by atoms with E-state index in [9.17, 15) is 9.90 Å². The van der Waals surface area contributed by atoms with E-state index in [1.54, 1.807) is 29.8 Å². The van der Waals surface area contributed by atoms with Crippen LogP contribution in [0.15, 0.2) is 36.0 Å². The lowest BCUT2D eigenvalue weighted by Gasteiger charge is -2.43. The van der Waals surface area contributed by atoms with Crippen molar-refractivity contribution in [1.82, 2.24) is 9.88 Å². The Bertz CT molecular complexity index is 943. The molecule has 2 saturated heterocycles. The van der Waals surface area contributed by atoms with E-state index in [-0.39, 0.29) is 18.0 Å². The highest BCUT2D eigenvalue weighted by Gasteiger charge is 2.51. The standard InChI is InChI=1S/C20H21ClN4O2S/c21-16-2-1-5-24-18(16)20(27)7-14-3-4-15(8-20)25(14)19(26)12-6-17(28-11-12)13(9-22)10-23/h1-2,5-6,9-11,14-15,22,27H,3-4,7-8,23H2/t14-,15?,20?/m0/s1. The van der Waals surface area contributed by atoms with Crippen molar-refractivity contribution in [1.29, 1.82) is 5.41 Å². The Labute approximate surface area is 172 Å². The summed E-state index contributed by atoms with van der Waals surface area (Å²) in [5.41, 5.74) is 6.12. The maximum absolute atomic E-state index is 13.2. The number of nitrogens with zero attached hydrogens (tertiary/aromatic N) is 2. The van der Waals surface area contributed by atoms with E-state index in [1.807, 2.05) is 4.90 Å². The number of nitrogens with two attached hydrogens (primary N) is 1. The lowest BCUT2D eigenvalue weighted by Crippen LogP contribution is -2.52. The molecule has 28 heavy (non-hydrogen) atoms. The maximum Gasteiger partial charge on any atom is 0.255 e. The number of carbonyl (C=O) groups excluding carboxylic acids is 1. The van der Waals surface area contributed by atoms with Gasteiger partial charge in [0.25, 0.3) is 5.91 Å². The van der Waals surface area contributed by atoms with Crippen LogP contribution >= 0.6 is 22.9 Å². The fourth-order valence-electron chi connectivity index (χ4n) is 4.43. The summed E-state index contributed by atoms with van der Waals surface area (Å²) in [7, 11) is 0. The first-order valence-electron chi connectivity index (χ1n) is 9.14. The fraction of sp³-hybridized carbons (Fsp3) is 0.350. The Balaban J connectivity index is 1.58. The van der Waals surface area contributed by atoms with Crippen LogP contribution in [0.2, 0.25) is 5.02 Å². The minimum Gasteiger partial charge on any atom is -0.404 e. The summed E-state index contributed by atoms with van der Waals surface area (Å²) in [4.78, 5) is 20.2. The Morgan fingerprint density at radius 3 is 2.75 bits per heavy atom. The number of piperidine rings is 1. The van der Waals surface area contributed by atoms with Gasteiger partial charge in [0.2, 0.25) is 0 Å². The Morgan fingerprint density at radius 1 is 1.43 bits per heavy atom. The number of thiophene rings is 1. The summed E-state index contributed by atoms with van der Waals surface area (Å²) >= 11 is 7.68. The van der Waals surface area contributed by atoms with E-state index in [0.29, 0.717) is 34.7 Å². The molecule has 2 unspecified atom stereocenters. The zero-order valence-corrected chi connectivity index (χ0v) is 16.7. The third-order valence-electron chi connectivity index (χ3n) is 5.67. The number of carbonyl (C=O) groups is 1. The highest BCUT2D eigenvalue weighted by molar-refractivity contribution is 7.11.